The van der Waals surface area contributed by atoms with Crippen LogP contribution in [0, 0.1) is 5.92 Å². The topological polar surface area (TPSA) is 94.6 Å². The van der Waals surface area contributed by atoms with Crippen molar-refractivity contribution in [3.8, 4) is 11.5 Å². The Morgan fingerprint density at radius 3 is 2.77 bits per heavy atom. The van der Waals surface area contributed by atoms with Crippen LogP contribution in [-0.2, 0) is 14.6 Å². The molecular formula is C18H18N2O5S. The molecule has 0 spiro atoms. The molecular weight excluding hydrogens is 356 g/mol. The van der Waals surface area contributed by atoms with E-state index in [9.17, 15) is 13.2 Å². The van der Waals surface area contributed by atoms with Gasteiger partial charge in [0.1, 0.15) is 5.25 Å². The zero-order valence-electron chi connectivity index (χ0n) is 13.9. The van der Waals surface area contributed by atoms with Gasteiger partial charge in [-0.3, -0.25) is 9.78 Å². The van der Waals surface area contributed by atoms with Crippen molar-refractivity contribution in [2.75, 3.05) is 13.3 Å². The van der Waals surface area contributed by atoms with Crippen molar-refractivity contribution in [2.45, 2.75) is 23.0 Å². The molecule has 1 aliphatic carbocycles. The predicted octanol–water partition coefficient (Wildman–Crippen LogP) is 1.85. The summed E-state index contributed by atoms with van der Waals surface area (Å²) in [5.74, 6) is 0.833. The van der Waals surface area contributed by atoms with Crippen molar-refractivity contribution in [1.82, 2.24) is 10.3 Å². The Bertz CT molecular complexity index is 926. The Labute approximate surface area is 151 Å². The molecule has 1 saturated carbocycles. The van der Waals surface area contributed by atoms with Crippen molar-refractivity contribution in [3.63, 3.8) is 0 Å². The summed E-state index contributed by atoms with van der Waals surface area (Å²) in [7, 11) is -3.77. The number of carbonyl (C=O) groups excluding carboxylic acids is 1. The highest BCUT2D eigenvalue weighted by Crippen LogP contribution is 2.37. The number of aromatic nitrogens is 1. The molecule has 2 aromatic rings. The molecule has 1 amide bonds. The lowest BCUT2D eigenvalue weighted by atomic mass is 10.2. The van der Waals surface area contributed by atoms with Gasteiger partial charge in [0, 0.05) is 30.9 Å². The second kappa shape index (κ2) is 6.60. The molecule has 1 atom stereocenters. The van der Waals surface area contributed by atoms with Crippen molar-refractivity contribution in [2.24, 2.45) is 5.92 Å². The van der Waals surface area contributed by atoms with Crippen LogP contribution in [0.5, 0.6) is 11.5 Å². The number of carbonyl (C=O) groups is 1. The Balaban J connectivity index is 1.66. The highest BCUT2D eigenvalue weighted by molar-refractivity contribution is 7.91. The van der Waals surface area contributed by atoms with Crippen LogP contribution >= 0.6 is 0 Å². The SMILES string of the molecule is O=C(NC[C@H](c1cccnc1)S(=O)(=O)c1ccc2c(c1)OCO2)C1CC1. The second-order valence-electron chi connectivity index (χ2n) is 6.35. The molecule has 8 heteroatoms. The quantitative estimate of drug-likeness (QED) is 0.829. The number of benzene rings is 1. The van der Waals surface area contributed by atoms with Gasteiger partial charge < -0.3 is 14.8 Å². The van der Waals surface area contributed by atoms with E-state index in [1.165, 1.54) is 18.3 Å². The Morgan fingerprint density at radius 2 is 2.04 bits per heavy atom. The van der Waals surface area contributed by atoms with E-state index in [1.54, 1.807) is 24.4 Å². The van der Waals surface area contributed by atoms with E-state index in [1.807, 2.05) is 0 Å². The first-order chi connectivity index (χ1) is 12.6. The molecule has 2 aliphatic rings. The molecule has 136 valence electrons. The van der Waals surface area contributed by atoms with E-state index in [-0.39, 0.29) is 30.1 Å². The third kappa shape index (κ3) is 3.24. The summed E-state index contributed by atoms with van der Waals surface area (Å²) in [6.45, 7) is 0.0696. The Kier molecular flexibility index (Phi) is 4.28. The molecule has 1 aromatic carbocycles. The van der Waals surface area contributed by atoms with Crippen LogP contribution < -0.4 is 14.8 Å². The Morgan fingerprint density at radius 1 is 1.23 bits per heavy atom. The first-order valence-electron chi connectivity index (χ1n) is 8.37. The van der Waals surface area contributed by atoms with Gasteiger partial charge in [0.05, 0.1) is 4.90 Å². The van der Waals surface area contributed by atoms with Crippen LogP contribution in [-0.4, -0.2) is 32.6 Å². The first-order valence-corrected chi connectivity index (χ1v) is 9.91. The van der Waals surface area contributed by atoms with Crippen LogP contribution in [0.3, 0.4) is 0 Å². The van der Waals surface area contributed by atoms with Crippen LogP contribution in [0.2, 0.25) is 0 Å². The van der Waals surface area contributed by atoms with Crippen molar-refractivity contribution >= 4 is 15.7 Å². The summed E-state index contributed by atoms with van der Waals surface area (Å²) in [6.07, 6.45) is 4.81. The lowest BCUT2D eigenvalue weighted by Gasteiger charge is -2.19. The van der Waals surface area contributed by atoms with Gasteiger partial charge in [0.15, 0.2) is 21.3 Å². The average Bonchev–Trinajstić information content (AvgIpc) is 3.39. The first kappa shape index (κ1) is 16.8. The molecule has 0 unspecified atom stereocenters. The summed E-state index contributed by atoms with van der Waals surface area (Å²) >= 11 is 0. The van der Waals surface area contributed by atoms with E-state index in [0.29, 0.717) is 17.1 Å². The third-order valence-corrected chi connectivity index (χ3v) is 6.61. The van der Waals surface area contributed by atoms with Gasteiger partial charge in [0.2, 0.25) is 12.7 Å². The van der Waals surface area contributed by atoms with E-state index in [4.69, 9.17) is 9.47 Å². The number of rotatable bonds is 6. The number of amides is 1. The average molecular weight is 374 g/mol. The maximum absolute atomic E-state index is 13.3. The zero-order valence-corrected chi connectivity index (χ0v) is 14.7. The van der Waals surface area contributed by atoms with E-state index >= 15 is 0 Å². The highest BCUT2D eigenvalue weighted by Gasteiger charge is 2.34. The number of fused-ring (bicyclic) bond motifs is 1. The summed E-state index contributed by atoms with van der Waals surface area (Å²) < 4.78 is 37.0. The molecule has 1 aliphatic heterocycles. The van der Waals surface area contributed by atoms with E-state index in [0.717, 1.165) is 12.8 Å². The van der Waals surface area contributed by atoms with Gasteiger partial charge in [-0.2, -0.15) is 0 Å². The van der Waals surface area contributed by atoms with Gasteiger partial charge in [-0.25, -0.2) is 8.42 Å². The van der Waals surface area contributed by atoms with E-state index in [2.05, 4.69) is 10.3 Å². The fourth-order valence-electron chi connectivity index (χ4n) is 2.87. The number of nitrogens with one attached hydrogen (secondary N) is 1. The number of nitrogens with zero attached hydrogens (tertiary/aromatic N) is 1. The minimum Gasteiger partial charge on any atom is -0.454 e. The number of sulfone groups is 1. The normalized spacial score (nSPS) is 16.9. The van der Waals surface area contributed by atoms with Gasteiger partial charge in [-0.15, -0.1) is 0 Å². The second-order valence-corrected chi connectivity index (χ2v) is 8.48. The monoisotopic (exact) mass is 374 g/mol. The molecule has 0 radical (unpaired) electrons. The van der Waals surface area contributed by atoms with Crippen molar-refractivity contribution < 1.29 is 22.7 Å². The van der Waals surface area contributed by atoms with Gasteiger partial charge >= 0.3 is 0 Å². The molecule has 0 bridgehead atoms. The molecule has 7 nitrogen and oxygen atoms in total. The lowest BCUT2D eigenvalue weighted by molar-refractivity contribution is -0.122. The zero-order chi connectivity index (χ0) is 18.1. The van der Waals surface area contributed by atoms with Crippen LogP contribution in [0.15, 0.2) is 47.6 Å². The lowest BCUT2D eigenvalue weighted by Crippen LogP contribution is -2.32. The predicted molar refractivity (Wildman–Crippen MR) is 92.5 cm³/mol. The number of hydrogen-bond donors (Lipinski definition) is 1. The summed E-state index contributed by atoms with van der Waals surface area (Å²) in [5.41, 5.74) is 0.529. The van der Waals surface area contributed by atoms with Crippen LogP contribution in [0.25, 0.3) is 0 Å². The molecule has 0 saturated heterocycles. The minimum absolute atomic E-state index is 0.00218. The molecule has 2 heterocycles. The minimum atomic E-state index is -3.77. The number of ether oxygens (including phenoxy) is 2. The third-order valence-electron chi connectivity index (χ3n) is 4.51. The standard InChI is InChI=1S/C18H18N2O5S/c21-18(12-3-4-12)20-10-17(13-2-1-7-19-9-13)26(22,23)14-5-6-15-16(8-14)25-11-24-15/h1-2,5-9,12,17H,3-4,10-11H2,(H,20,21)/t17-/m1/s1. The fraction of sp³-hybridized carbons (Fsp3) is 0.333. The van der Waals surface area contributed by atoms with Gasteiger partial charge in [-0.05, 0) is 36.6 Å². The number of pyridine rings is 1. The van der Waals surface area contributed by atoms with Crippen LogP contribution in [0.4, 0.5) is 0 Å². The molecule has 1 aromatic heterocycles. The van der Waals surface area contributed by atoms with Gasteiger partial charge in [0.25, 0.3) is 0 Å². The molecule has 26 heavy (non-hydrogen) atoms. The van der Waals surface area contributed by atoms with Gasteiger partial charge in [-0.1, -0.05) is 6.07 Å². The summed E-state index contributed by atoms with van der Waals surface area (Å²) in [5, 5.41) is 1.84. The molecule has 4 rings (SSSR count). The summed E-state index contributed by atoms with van der Waals surface area (Å²) in [4.78, 5) is 16.1. The summed E-state index contributed by atoms with van der Waals surface area (Å²) in [6, 6.07) is 7.92. The van der Waals surface area contributed by atoms with Crippen LogP contribution in [0.1, 0.15) is 23.7 Å². The smallest absolute Gasteiger partial charge is 0.231 e. The molecule has 1 fully saturated rings. The highest BCUT2D eigenvalue weighted by atomic mass is 32.2. The van der Waals surface area contributed by atoms with E-state index < -0.39 is 15.1 Å². The van der Waals surface area contributed by atoms with Crippen molar-refractivity contribution in [3.05, 3.63) is 48.3 Å². The van der Waals surface area contributed by atoms with Crippen molar-refractivity contribution in [1.29, 1.82) is 0 Å². The fourth-order valence-corrected chi connectivity index (χ4v) is 4.53. The maximum atomic E-state index is 13.3. The largest absolute Gasteiger partial charge is 0.454 e. The molecule has 1 N–H and O–H groups in total. The Hall–Kier alpha value is -2.61. The number of hydrogen-bond acceptors (Lipinski definition) is 6. The maximum Gasteiger partial charge on any atom is 0.231 e.